The third kappa shape index (κ3) is 3.37. The van der Waals surface area contributed by atoms with Gasteiger partial charge in [-0.25, -0.2) is 9.36 Å². The molecule has 0 spiro atoms. The number of hydrogen-bond donors (Lipinski definition) is 3. The predicted molar refractivity (Wildman–Crippen MR) is 73.2 cm³/mol. The zero-order chi connectivity index (χ0) is 16.5. The Hall–Kier alpha value is -1.29. The molecule has 11 heteroatoms. The van der Waals surface area contributed by atoms with E-state index in [-0.39, 0.29) is 0 Å². The van der Waals surface area contributed by atoms with E-state index in [1.54, 1.807) is 6.92 Å². The van der Waals surface area contributed by atoms with Gasteiger partial charge in [0.25, 0.3) is 5.56 Å². The molecule has 0 amide bonds. The summed E-state index contributed by atoms with van der Waals surface area (Å²) in [5.74, 6) is 0. The third-order valence-electron chi connectivity index (χ3n) is 3.32. The summed E-state index contributed by atoms with van der Waals surface area (Å²) in [6, 6.07) is 1.10. The summed E-state index contributed by atoms with van der Waals surface area (Å²) < 4.78 is 27.3. The lowest BCUT2D eigenvalue weighted by molar-refractivity contribution is -0.0405. The molecule has 2 unspecified atom stereocenters. The number of nitrogens with one attached hydrogen (secondary N) is 1. The Bertz CT molecular complexity index is 685. The quantitative estimate of drug-likeness (QED) is 0.602. The van der Waals surface area contributed by atoms with Gasteiger partial charge in [-0.2, -0.15) is 0 Å². The zero-order valence-corrected chi connectivity index (χ0v) is 12.8. The first kappa shape index (κ1) is 17.1. The van der Waals surface area contributed by atoms with E-state index in [4.69, 9.17) is 9.26 Å². The fourth-order valence-corrected chi connectivity index (χ4v) is 2.89. The smallest absolute Gasteiger partial charge is 0.386 e. The Labute approximate surface area is 124 Å². The Balaban J connectivity index is 2.31. The van der Waals surface area contributed by atoms with Crippen molar-refractivity contribution in [2.75, 3.05) is 7.11 Å². The molecular weight excluding hydrogens is 319 g/mol. The lowest BCUT2D eigenvalue weighted by Gasteiger charge is -2.21. The number of aromatic nitrogens is 2. The van der Waals surface area contributed by atoms with Crippen molar-refractivity contribution < 1.29 is 28.3 Å². The predicted octanol–water partition coefficient (Wildman–Crippen LogP) is -0.663. The van der Waals surface area contributed by atoms with Crippen LogP contribution >= 0.6 is 7.82 Å². The first-order valence-electron chi connectivity index (χ1n) is 6.51. The highest BCUT2D eigenvalue weighted by Crippen LogP contribution is 2.47. The number of hydrogen-bond acceptors (Lipinski definition) is 7. The second-order valence-electron chi connectivity index (χ2n) is 4.70. The number of ether oxygens (including phenoxy) is 1. The van der Waals surface area contributed by atoms with Crippen LogP contribution in [0.2, 0.25) is 0 Å². The number of aromatic amines is 1. The van der Waals surface area contributed by atoms with Crippen molar-refractivity contribution in [1.82, 2.24) is 9.55 Å². The maximum atomic E-state index is 11.8. The number of aliphatic hydroxyl groups excluding tert-OH is 1. The van der Waals surface area contributed by atoms with Crippen LogP contribution < -0.4 is 11.2 Å². The van der Waals surface area contributed by atoms with Crippen LogP contribution in [-0.4, -0.2) is 45.0 Å². The van der Waals surface area contributed by atoms with Crippen molar-refractivity contribution in [2.24, 2.45) is 0 Å². The highest BCUT2D eigenvalue weighted by Gasteiger charge is 2.48. The summed E-state index contributed by atoms with van der Waals surface area (Å²) in [4.78, 5) is 34.3. The molecule has 1 saturated heterocycles. The minimum Gasteiger partial charge on any atom is -0.386 e. The number of rotatable bonds is 5. The molecule has 22 heavy (non-hydrogen) atoms. The molecule has 10 nitrogen and oxygen atoms in total. The van der Waals surface area contributed by atoms with Crippen LogP contribution in [0.4, 0.5) is 0 Å². The van der Waals surface area contributed by atoms with Gasteiger partial charge in [0, 0.05) is 19.4 Å². The number of aliphatic hydroxyl groups is 1. The van der Waals surface area contributed by atoms with Gasteiger partial charge in [0.2, 0.25) is 0 Å². The fourth-order valence-electron chi connectivity index (χ4n) is 2.23. The number of nitrogens with zero attached hydrogens (tertiary/aromatic N) is 1. The Morgan fingerprint density at radius 3 is 2.73 bits per heavy atom. The monoisotopic (exact) mass is 336 g/mol. The highest BCUT2D eigenvalue weighted by molar-refractivity contribution is 7.47. The molecule has 1 aromatic heterocycles. The third-order valence-corrected chi connectivity index (χ3v) is 4.29. The summed E-state index contributed by atoms with van der Waals surface area (Å²) in [7, 11) is -3.34. The maximum absolute atomic E-state index is 11.8. The van der Waals surface area contributed by atoms with E-state index in [0.717, 1.165) is 17.7 Å². The van der Waals surface area contributed by atoms with Crippen LogP contribution in [0.5, 0.6) is 0 Å². The Morgan fingerprint density at radius 2 is 2.18 bits per heavy atom. The van der Waals surface area contributed by atoms with Gasteiger partial charge in [-0.3, -0.25) is 23.4 Å². The standard InChI is InChI=1S/C11H17N2O8P/c1-3-6-9(21-22(17,18)19-2)8(15)10(20-6)13-5-4-7(14)12-11(13)16/h4-6,8-10,15H,3H2,1-2H3,(H,17,18)(H,12,14,16)/t6-,8+,9?,10-/m1/s1. The van der Waals surface area contributed by atoms with E-state index in [9.17, 15) is 24.2 Å². The van der Waals surface area contributed by atoms with Crippen LogP contribution in [0.15, 0.2) is 21.9 Å². The van der Waals surface area contributed by atoms with Crippen molar-refractivity contribution in [2.45, 2.75) is 37.9 Å². The largest absolute Gasteiger partial charge is 0.472 e. The van der Waals surface area contributed by atoms with Gasteiger partial charge in [0.05, 0.1) is 6.10 Å². The average Bonchev–Trinajstić information content (AvgIpc) is 2.76. The van der Waals surface area contributed by atoms with Crippen LogP contribution in [0.3, 0.4) is 0 Å². The second-order valence-corrected chi connectivity index (χ2v) is 6.22. The van der Waals surface area contributed by atoms with Crippen molar-refractivity contribution in [3.05, 3.63) is 33.1 Å². The molecule has 5 atom stereocenters. The van der Waals surface area contributed by atoms with Gasteiger partial charge < -0.3 is 14.7 Å². The lowest BCUT2D eigenvalue weighted by Crippen LogP contribution is -2.38. The molecule has 0 radical (unpaired) electrons. The van der Waals surface area contributed by atoms with E-state index in [1.807, 2.05) is 4.98 Å². The lowest BCUT2D eigenvalue weighted by atomic mass is 10.1. The fraction of sp³-hybridized carbons (Fsp3) is 0.636. The summed E-state index contributed by atoms with van der Waals surface area (Å²) in [6.45, 7) is 1.72. The van der Waals surface area contributed by atoms with Crippen LogP contribution in [-0.2, 0) is 18.3 Å². The number of phosphoric acid groups is 1. The Kier molecular flexibility index (Phi) is 5.00. The first-order valence-corrected chi connectivity index (χ1v) is 8.00. The molecule has 0 aliphatic carbocycles. The van der Waals surface area contributed by atoms with E-state index in [1.165, 1.54) is 6.20 Å². The van der Waals surface area contributed by atoms with E-state index in [0.29, 0.717) is 6.42 Å². The van der Waals surface area contributed by atoms with Gasteiger partial charge in [-0.1, -0.05) is 6.92 Å². The van der Waals surface area contributed by atoms with Crippen molar-refractivity contribution >= 4 is 7.82 Å². The molecule has 3 N–H and O–H groups in total. The number of H-pyrrole nitrogens is 1. The molecule has 124 valence electrons. The van der Waals surface area contributed by atoms with Crippen molar-refractivity contribution in [1.29, 1.82) is 0 Å². The summed E-state index contributed by atoms with van der Waals surface area (Å²) >= 11 is 0. The number of phosphoric ester groups is 1. The average molecular weight is 336 g/mol. The van der Waals surface area contributed by atoms with E-state index in [2.05, 4.69) is 4.52 Å². The maximum Gasteiger partial charge on any atom is 0.472 e. The SMILES string of the molecule is CC[C@H]1O[C@@H](n2ccc(=O)[nH]c2=O)[C@@H](O)C1OP(=O)(O)OC. The summed E-state index contributed by atoms with van der Waals surface area (Å²) in [6.07, 6.45) is -2.92. The van der Waals surface area contributed by atoms with Gasteiger partial charge in [-0.15, -0.1) is 0 Å². The summed E-state index contributed by atoms with van der Waals surface area (Å²) in [5.41, 5.74) is -1.36. The van der Waals surface area contributed by atoms with Crippen LogP contribution in [0.1, 0.15) is 19.6 Å². The minimum atomic E-state index is -4.33. The molecule has 0 bridgehead atoms. The molecule has 1 aliphatic heterocycles. The van der Waals surface area contributed by atoms with Crippen LogP contribution in [0, 0.1) is 0 Å². The minimum absolute atomic E-state index is 0.361. The normalized spacial score (nSPS) is 31.1. The van der Waals surface area contributed by atoms with Crippen LogP contribution in [0.25, 0.3) is 0 Å². The summed E-state index contributed by atoms with van der Waals surface area (Å²) in [5, 5.41) is 10.3. The molecule has 0 saturated carbocycles. The van der Waals surface area contributed by atoms with Crippen molar-refractivity contribution in [3.8, 4) is 0 Å². The van der Waals surface area contributed by atoms with E-state index >= 15 is 0 Å². The van der Waals surface area contributed by atoms with Crippen molar-refractivity contribution in [3.63, 3.8) is 0 Å². The van der Waals surface area contributed by atoms with Gasteiger partial charge >= 0.3 is 13.5 Å². The second kappa shape index (κ2) is 6.45. The molecule has 1 aliphatic rings. The van der Waals surface area contributed by atoms with Gasteiger partial charge in [-0.05, 0) is 6.42 Å². The molecule has 2 heterocycles. The van der Waals surface area contributed by atoms with E-state index < -0.39 is 43.6 Å². The van der Waals surface area contributed by atoms with Gasteiger partial charge in [0.1, 0.15) is 12.2 Å². The Morgan fingerprint density at radius 1 is 1.50 bits per heavy atom. The zero-order valence-electron chi connectivity index (χ0n) is 11.9. The molecule has 0 aromatic carbocycles. The molecule has 2 rings (SSSR count). The first-order chi connectivity index (χ1) is 10.3. The molecule has 1 aromatic rings. The molecule has 1 fully saturated rings. The topological polar surface area (TPSA) is 140 Å². The van der Waals surface area contributed by atoms with Gasteiger partial charge in [0.15, 0.2) is 6.23 Å². The highest BCUT2D eigenvalue weighted by atomic mass is 31.2. The molecular formula is C11H17N2O8P.